The number of rotatable bonds is 8. The number of benzene rings is 2. The number of carbonyl (C=O) groups is 3. The van der Waals surface area contributed by atoms with Crippen LogP contribution in [0.15, 0.2) is 59.8 Å². The summed E-state index contributed by atoms with van der Waals surface area (Å²) >= 11 is 0. The molecular weight excluding hydrogens is 456 g/mol. The average Bonchev–Trinajstić information content (AvgIpc) is 3.34. The lowest BCUT2D eigenvalue weighted by Gasteiger charge is -2.29. The van der Waals surface area contributed by atoms with Crippen molar-refractivity contribution in [2.24, 2.45) is 0 Å². The molecule has 2 aromatic carbocycles. The van der Waals surface area contributed by atoms with E-state index in [1.807, 2.05) is 0 Å². The molecule has 10 nitrogen and oxygen atoms in total. The van der Waals surface area contributed by atoms with E-state index in [1.54, 1.807) is 62.6 Å². The molecule has 0 bridgehead atoms. The third-order valence-corrected chi connectivity index (χ3v) is 5.27. The van der Waals surface area contributed by atoms with Gasteiger partial charge in [0.15, 0.2) is 11.5 Å². The largest absolute Gasteiger partial charge is 0.497 e. The zero-order valence-corrected chi connectivity index (χ0v) is 19.2. The molecule has 0 aromatic heterocycles. The molecule has 0 saturated heterocycles. The Labute approximate surface area is 201 Å². The SMILES string of the molecule is CCOC(=O)C1=C(COC(=O)/C=C/c2ccc3c(c2)OCO3)NC(=O)NC1c1ccc(OC)cc1. The van der Waals surface area contributed by atoms with Crippen LogP contribution in [0.25, 0.3) is 6.08 Å². The molecule has 1 unspecified atom stereocenters. The van der Waals surface area contributed by atoms with E-state index in [9.17, 15) is 14.4 Å². The third kappa shape index (κ3) is 5.55. The van der Waals surface area contributed by atoms with Gasteiger partial charge in [0, 0.05) is 6.08 Å². The smallest absolute Gasteiger partial charge is 0.338 e. The lowest BCUT2D eigenvalue weighted by Crippen LogP contribution is -2.47. The van der Waals surface area contributed by atoms with E-state index in [0.29, 0.717) is 28.4 Å². The maximum absolute atomic E-state index is 12.8. The molecule has 2 aliphatic rings. The minimum Gasteiger partial charge on any atom is -0.497 e. The van der Waals surface area contributed by atoms with Crippen molar-refractivity contribution in [2.45, 2.75) is 13.0 Å². The first-order chi connectivity index (χ1) is 17.0. The van der Waals surface area contributed by atoms with Gasteiger partial charge in [0.1, 0.15) is 12.4 Å². The quantitative estimate of drug-likeness (QED) is 0.437. The van der Waals surface area contributed by atoms with E-state index in [4.69, 9.17) is 23.7 Å². The van der Waals surface area contributed by atoms with Crippen molar-refractivity contribution in [1.29, 1.82) is 0 Å². The highest BCUT2D eigenvalue weighted by atomic mass is 16.7. The molecule has 4 rings (SSSR count). The molecule has 1 atom stereocenters. The van der Waals surface area contributed by atoms with E-state index in [2.05, 4.69) is 10.6 Å². The number of ether oxygens (including phenoxy) is 5. The fraction of sp³-hybridized carbons (Fsp3) is 0.240. The zero-order valence-electron chi connectivity index (χ0n) is 19.2. The first kappa shape index (κ1) is 23.7. The normalized spacial score (nSPS) is 16.5. The van der Waals surface area contributed by atoms with E-state index in [0.717, 1.165) is 0 Å². The Bertz CT molecular complexity index is 1190. The van der Waals surface area contributed by atoms with Crippen molar-refractivity contribution in [2.75, 3.05) is 27.1 Å². The summed E-state index contributed by atoms with van der Waals surface area (Å²) in [5.74, 6) is 0.553. The minimum absolute atomic E-state index is 0.136. The summed E-state index contributed by atoms with van der Waals surface area (Å²) in [7, 11) is 1.54. The number of amides is 2. The highest BCUT2D eigenvalue weighted by Gasteiger charge is 2.34. The summed E-state index contributed by atoms with van der Waals surface area (Å²) in [4.78, 5) is 37.5. The molecule has 10 heteroatoms. The Morgan fingerprint density at radius 3 is 2.60 bits per heavy atom. The Hall–Kier alpha value is -4.47. The summed E-state index contributed by atoms with van der Waals surface area (Å²) in [6.07, 6.45) is 2.80. The lowest BCUT2D eigenvalue weighted by atomic mass is 9.95. The standard InChI is InChI=1S/C25H24N2O8/c1-3-32-24(29)22-18(26-25(30)27-23(22)16-6-8-17(31-2)9-7-16)13-33-21(28)11-5-15-4-10-19-20(12-15)35-14-34-19/h4-12,23H,3,13-14H2,1-2H3,(H2,26,27,30)/b11-5+. The summed E-state index contributed by atoms with van der Waals surface area (Å²) in [5, 5.41) is 5.28. The van der Waals surface area contributed by atoms with Gasteiger partial charge in [-0.1, -0.05) is 18.2 Å². The van der Waals surface area contributed by atoms with Crippen LogP contribution in [-0.2, 0) is 19.1 Å². The number of esters is 2. The first-order valence-corrected chi connectivity index (χ1v) is 10.8. The number of carbonyl (C=O) groups excluding carboxylic acids is 3. The molecule has 2 aliphatic heterocycles. The predicted octanol–water partition coefficient (Wildman–Crippen LogP) is 2.85. The summed E-state index contributed by atoms with van der Waals surface area (Å²) in [6, 6.07) is 10.8. The Morgan fingerprint density at radius 2 is 1.86 bits per heavy atom. The van der Waals surface area contributed by atoms with Gasteiger partial charge in [-0.25, -0.2) is 14.4 Å². The van der Waals surface area contributed by atoms with Crippen molar-refractivity contribution >= 4 is 24.0 Å². The van der Waals surface area contributed by atoms with Gasteiger partial charge >= 0.3 is 18.0 Å². The Morgan fingerprint density at radius 1 is 1.09 bits per heavy atom. The Balaban J connectivity index is 1.52. The molecule has 2 N–H and O–H groups in total. The molecule has 0 aliphatic carbocycles. The highest BCUT2D eigenvalue weighted by molar-refractivity contribution is 5.95. The van der Waals surface area contributed by atoms with Crippen LogP contribution in [-0.4, -0.2) is 45.1 Å². The predicted molar refractivity (Wildman–Crippen MR) is 124 cm³/mol. The summed E-state index contributed by atoms with van der Waals surface area (Å²) in [5.41, 5.74) is 1.63. The van der Waals surface area contributed by atoms with Crippen molar-refractivity contribution in [1.82, 2.24) is 10.6 Å². The number of hydrogen-bond acceptors (Lipinski definition) is 8. The maximum atomic E-state index is 12.8. The van der Waals surface area contributed by atoms with Gasteiger partial charge in [-0.2, -0.15) is 0 Å². The second kappa shape index (κ2) is 10.6. The monoisotopic (exact) mass is 480 g/mol. The van der Waals surface area contributed by atoms with E-state index < -0.39 is 24.0 Å². The van der Waals surface area contributed by atoms with E-state index in [1.165, 1.54) is 6.08 Å². The van der Waals surface area contributed by atoms with Crippen LogP contribution < -0.4 is 24.8 Å². The Kier molecular flexibility index (Phi) is 7.20. The van der Waals surface area contributed by atoms with Crippen molar-refractivity contribution in [3.05, 3.63) is 70.9 Å². The molecule has 35 heavy (non-hydrogen) atoms. The van der Waals surface area contributed by atoms with Gasteiger partial charge < -0.3 is 34.3 Å². The van der Waals surface area contributed by atoms with Crippen LogP contribution in [0.2, 0.25) is 0 Å². The maximum Gasteiger partial charge on any atom is 0.338 e. The van der Waals surface area contributed by atoms with Crippen LogP contribution >= 0.6 is 0 Å². The molecule has 2 aromatic rings. The second-order valence-electron chi connectivity index (χ2n) is 7.47. The van der Waals surface area contributed by atoms with Crippen LogP contribution in [0.1, 0.15) is 24.1 Å². The fourth-order valence-electron chi connectivity index (χ4n) is 3.60. The number of urea groups is 1. The molecule has 0 saturated carbocycles. The topological polar surface area (TPSA) is 121 Å². The minimum atomic E-state index is -0.799. The van der Waals surface area contributed by atoms with Crippen LogP contribution in [0, 0.1) is 0 Å². The van der Waals surface area contributed by atoms with Crippen LogP contribution in [0.3, 0.4) is 0 Å². The lowest BCUT2D eigenvalue weighted by molar-refractivity contribution is -0.140. The average molecular weight is 480 g/mol. The zero-order chi connectivity index (χ0) is 24.8. The molecule has 0 spiro atoms. The molecular formula is C25H24N2O8. The van der Waals surface area contributed by atoms with Gasteiger partial charge in [-0.3, -0.25) is 0 Å². The fourth-order valence-corrected chi connectivity index (χ4v) is 3.60. The van der Waals surface area contributed by atoms with Crippen molar-refractivity contribution in [3.8, 4) is 17.2 Å². The van der Waals surface area contributed by atoms with Gasteiger partial charge in [0.05, 0.1) is 31.0 Å². The van der Waals surface area contributed by atoms with Crippen molar-refractivity contribution in [3.63, 3.8) is 0 Å². The van der Waals surface area contributed by atoms with Gasteiger partial charge in [-0.15, -0.1) is 0 Å². The molecule has 0 fully saturated rings. The van der Waals surface area contributed by atoms with E-state index >= 15 is 0 Å². The second-order valence-corrected chi connectivity index (χ2v) is 7.47. The molecule has 182 valence electrons. The number of methoxy groups -OCH3 is 1. The van der Waals surface area contributed by atoms with Crippen LogP contribution in [0.4, 0.5) is 4.79 Å². The summed E-state index contributed by atoms with van der Waals surface area (Å²) < 4.78 is 26.3. The molecule has 2 heterocycles. The molecule has 0 radical (unpaired) electrons. The highest BCUT2D eigenvalue weighted by Crippen LogP contribution is 2.33. The third-order valence-electron chi connectivity index (χ3n) is 5.27. The van der Waals surface area contributed by atoms with Crippen molar-refractivity contribution < 1.29 is 38.1 Å². The number of nitrogens with one attached hydrogen (secondary N) is 2. The first-order valence-electron chi connectivity index (χ1n) is 10.8. The number of fused-ring (bicyclic) bond motifs is 1. The summed E-state index contributed by atoms with van der Waals surface area (Å²) in [6.45, 7) is 1.63. The van der Waals surface area contributed by atoms with Gasteiger partial charge in [0.2, 0.25) is 6.79 Å². The van der Waals surface area contributed by atoms with E-state index in [-0.39, 0.29) is 31.3 Å². The van der Waals surface area contributed by atoms with Crippen LogP contribution in [0.5, 0.6) is 17.2 Å². The van der Waals surface area contributed by atoms with Gasteiger partial charge in [-0.05, 0) is 48.4 Å². The number of hydrogen-bond donors (Lipinski definition) is 2. The van der Waals surface area contributed by atoms with Gasteiger partial charge in [0.25, 0.3) is 0 Å². The molecule has 2 amide bonds.